The molecule has 0 radical (unpaired) electrons. The number of nitrogens with one attached hydrogen (secondary N) is 1. The number of halogens is 1. The lowest BCUT2D eigenvalue weighted by Crippen LogP contribution is -2.63. The number of hydrogen-bond donors (Lipinski definition) is 2. The van der Waals surface area contributed by atoms with E-state index in [1.54, 1.807) is 12.3 Å². The van der Waals surface area contributed by atoms with E-state index in [0.29, 0.717) is 23.2 Å². The van der Waals surface area contributed by atoms with Crippen molar-refractivity contribution in [3.8, 4) is 11.8 Å². The lowest BCUT2D eigenvalue weighted by Gasteiger charge is -2.59. The van der Waals surface area contributed by atoms with Crippen molar-refractivity contribution in [3.05, 3.63) is 29.7 Å². The van der Waals surface area contributed by atoms with Crippen LogP contribution in [0, 0.1) is 28.5 Å². The van der Waals surface area contributed by atoms with Crippen molar-refractivity contribution in [1.29, 1.82) is 5.26 Å². The molecule has 1 aromatic carbocycles. The summed E-state index contributed by atoms with van der Waals surface area (Å²) in [7, 11) is 0. The maximum Gasteiger partial charge on any atom is 0.223 e. The minimum atomic E-state index is -0.640. The molecular weight excluding hydrogens is 357 g/mol. The van der Waals surface area contributed by atoms with Crippen molar-refractivity contribution in [2.24, 2.45) is 11.3 Å². The third-order valence-electron chi connectivity index (χ3n) is 7.26. The van der Waals surface area contributed by atoms with Gasteiger partial charge < -0.3 is 15.0 Å². The number of fused-ring (bicyclic) bond motifs is 1. The molecule has 2 aromatic rings. The van der Waals surface area contributed by atoms with Gasteiger partial charge in [0.15, 0.2) is 11.6 Å². The number of amides is 1. The molecule has 3 heterocycles. The van der Waals surface area contributed by atoms with Gasteiger partial charge in [-0.3, -0.25) is 4.79 Å². The molecule has 2 aliphatic carbocycles. The normalized spacial score (nSPS) is 31.9. The number of aromatic amines is 1. The zero-order valence-corrected chi connectivity index (χ0v) is 15.9. The van der Waals surface area contributed by atoms with Crippen LogP contribution in [0.25, 0.3) is 10.9 Å². The molecule has 4 fully saturated rings. The second kappa shape index (κ2) is 5.97. The van der Waals surface area contributed by atoms with Crippen LogP contribution < -0.4 is 0 Å². The number of nitrogens with zero attached hydrogens (tertiary/aromatic N) is 2. The quantitative estimate of drug-likeness (QED) is 0.837. The molecule has 2 aliphatic heterocycles. The number of rotatable bonds is 3. The number of aromatic nitrogens is 1. The van der Waals surface area contributed by atoms with E-state index in [4.69, 9.17) is 0 Å². The lowest BCUT2D eigenvalue weighted by molar-refractivity contribution is -0.153. The number of nitriles is 1. The maximum absolute atomic E-state index is 14.5. The number of benzene rings is 1. The van der Waals surface area contributed by atoms with Gasteiger partial charge >= 0.3 is 0 Å². The molecule has 6 heteroatoms. The highest BCUT2D eigenvalue weighted by Gasteiger charge is 2.55. The zero-order valence-electron chi connectivity index (χ0n) is 15.9. The molecule has 5 nitrogen and oxygen atoms in total. The first kappa shape index (κ1) is 17.5. The van der Waals surface area contributed by atoms with Crippen LogP contribution in [0.3, 0.4) is 0 Å². The SMILES string of the molecule is CC(CC(=O)N1C2CC3CC1CC(C#N)(C3)C2)c1c[nH]c2ccc(O)c(F)c12. The number of piperidine rings is 2. The molecule has 2 saturated carbocycles. The molecule has 146 valence electrons. The highest BCUT2D eigenvalue weighted by Crippen LogP contribution is 2.56. The molecule has 6 rings (SSSR count). The minimum Gasteiger partial charge on any atom is -0.505 e. The average Bonchev–Trinajstić information content (AvgIpc) is 3.09. The minimum absolute atomic E-state index is 0.101. The van der Waals surface area contributed by atoms with Crippen LogP contribution >= 0.6 is 0 Å². The first-order valence-electron chi connectivity index (χ1n) is 10.1. The van der Waals surface area contributed by atoms with Gasteiger partial charge in [-0.15, -0.1) is 0 Å². The predicted octanol–water partition coefficient (Wildman–Crippen LogP) is 4.19. The number of phenolic OH excluding ortho intramolecular Hbond substituents is 1. The Balaban J connectivity index is 1.38. The van der Waals surface area contributed by atoms with Gasteiger partial charge in [-0.1, -0.05) is 6.92 Å². The maximum atomic E-state index is 14.5. The largest absolute Gasteiger partial charge is 0.505 e. The molecule has 4 bridgehead atoms. The smallest absolute Gasteiger partial charge is 0.223 e. The topological polar surface area (TPSA) is 80.1 Å². The van der Waals surface area contributed by atoms with Crippen LogP contribution in [-0.2, 0) is 4.79 Å². The number of phenols is 1. The van der Waals surface area contributed by atoms with Gasteiger partial charge in [-0.05, 0) is 61.6 Å². The summed E-state index contributed by atoms with van der Waals surface area (Å²) in [6.07, 6.45) is 6.65. The van der Waals surface area contributed by atoms with Gasteiger partial charge in [-0.25, -0.2) is 4.39 Å². The van der Waals surface area contributed by atoms with Crippen molar-refractivity contribution >= 4 is 16.8 Å². The van der Waals surface area contributed by atoms with Crippen LogP contribution in [-0.4, -0.2) is 33.0 Å². The Morgan fingerprint density at radius 1 is 1.39 bits per heavy atom. The molecule has 1 aromatic heterocycles. The fourth-order valence-corrected chi connectivity index (χ4v) is 6.23. The number of carbonyl (C=O) groups excluding carboxylic acids is 1. The van der Waals surface area contributed by atoms with Crippen molar-refractivity contribution < 1.29 is 14.3 Å². The van der Waals surface area contributed by atoms with Crippen molar-refractivity contribution in [3.63, 3.8) is 0 Å². The molecule has 2 N–H and O–H groups in total. The summed E-state index contributed by atoms with van der Waals surface area (Å²) in [6.45, 7) is 1.93. The van der Waals surface area contributed by atoms with Crippen molar-refractivity contribution in [2.75, 3.05) is 0 Å². The van der Waals surface area contributed by atoms with Gasteiger partial charge in [0.2, 0.25) is 5.91 Å². The molecule has 4 aliphatic rings. The monoisotopic (exact) mass is 381 g/mol. The molecule has 2 saturated heterocycles. The summed E-state index contributed by atoms with van der Waals surface area (Å²) in [5.41, 5.74) is 1.11. The first-order valence-corrected chi connectivity index (χ1v) is 10.1. The summed E-state index contributed by atoms with van der Waals surface area (Å²) in [6, 6.07) is 5.89. The highest BCUT2D eigenvalue weighted by atomic mass is 19.1. The van der Waals surface area contributed by atoms with E-state index >= 15 is 0 Å². The second-order valence-corrected chi connectivity index (χ2v) is 9.12. The molecule has 28 heavy (non-hydrogen) atoms. The van der Waals surface area contributed by atoms with E-state index in [9.17, 15) is 19.6 Å². The van der Waals surface area contributed by atoms with E-state index in [2.05, 4.69) is 11.1 Å². The van der Waals surface area contributed by atoms with Crippen LogP contribution in [0.1, 0.15) is 56.9 Å². The number of carbonyl (C=O) groups is 1. The molecular formula is C22H24FN3O2. The van der Waals surface area contributed by atoms with Gasteiger partial charge in [0.05, 0.1) is 11.5 Å². The van der Waals surface area contributed by atoms with Crippen molar-refractivity contribution in [2.45, 2.75) is 63.5 Å². The van der Waals surface area contributed by atoms with Crippen LogP contribution in [0.5, 0.6) is 5.75 Å². The number of aromatic hydroxyl groups is 1. The summed E-state index contributed by atoms with van der Waals surface area (Å²) >= 11 is 0. The Morgan fingerprint density at radius 3 is 2.79 bits per heavy atom. The van der Waals surface area contributed by atoms with Gasteiger partial charge in [0.1, 0.15) is 0 Å². The van der Waals surface area contributed by atoms with E-state index in [1.807, 2.05) is 11.8 Å². The zero-order chi connectivity index (χ0) is 19.6. The summed E-state index contributed by atoms with van der Waals surface area (Å²) in [5.74, 6) is -0.509. The van der Waals surface area contributed by atoms with Crippen LogP contribution in [0.15, 0.2) is 18.3 Å². The van der Waals surface area contributed by atoms with Gasteiger partial charge in [-0.2, -0.15) is 5.26 Å². The Labute approximate surface area is 163 Å². The Morgan fingerprint density at radius 2 is 2.11 bits per heavy atom. The van der Waals surface area contributed by atoms with E-state index < -0.39 is 5.82 Å². The summed E-state index contributed by atoms with van der Waals surface area (Å²) in [5, 5.41) is 19.8. The van der Waals surface area contributed by atoms with Crippen LogP contribution in [0.4, 0.5) is 4.39 Å². The average molecular weight is 381 g/mol. The number of H-pyrrole nitrogens is 1. The fourth-order valence-electron chi connectivity index (χ4n) is 6.23. The Kier molecular flexibility index (Phi) is 3.74. The summed E-state index contributed by atoms with van der Waals surface area (Å²) in [4.78, 5) is 18.3. The molecule has 3 atom stereocenters. The second-order valence-electron chi connectivity index (χ2n) is 9.12. The molecule has 0 spiro atoms. The first-order chi connectivity index (χ1) is 13.4. The van der Waals surface area contributed by atoms with E-state index in [1.165, 1.54) is 6.07 Å². The van der Waals surface area contributed by atoms with Gasteiger partial charge in [0, 0.05) is 35.6 Å². The lowest BCUT2D eigenvalue weighted by atomic mass is 9.56. The summed E-state index contributed by atoms with van der Waals surface area (Å²) < 4.78 is 14.5. The molecule has 1 amide bonds. The third-order valence-corrected chi connectivity index (χ3v) is 7.26. The molecule has 3 unspecified atom stereocenters. The van der Waals surface area contributed by atoms with E-state index in [0.717, 1.165) is 37.7 Å². The third kappa shape index (κ3) is 2.45. The fraction of sp³-hybridized carbons (Fsp3) is 0.545. The standard InChI is InChI=1S/C22H24FN3O2/c1-12(16-10-25-17-2-3-18(27)21(23)20(16)17)4-19(28)26-14-5-13-6-15(26)9-22(7-13,8-14)11-24/h2-3,10,12-15,25,27H,4-9H2,1H3. The Hall–Kier alpha value is -2.55. The number of hydrogen-bond acceptors (Lipinski definition) is 3. The van der Waals surface area contributed by atoms with Gasteiger partial charge in [0.25, 0.3) is 0 Å². The Bertz CT molecular complexity index is 991. The van der Waals surface area contributed by atoms with Crippen molar-refractivity contribution in [1.82, 2.24) is 9.88 Å². The van der Waals surface area contributed by atoms with Crippen LogP contribution in [0.2, 0.25) is 0 Å². The van der Waals surface area contributed by atoms with E-state index in [-0.39, 0.29) is 35.1 Å². The highest BCUT2D eigenvalue weighted by molar-refractivity contribution is 5.87. The predicted molar refractivity (Wildman–Crippen MR) is 102 cm³/mol.